The van der Waals surface area contributed by atoms with Gasteiger partial charge < -0.3 is 18.9 Å². The highest BCUT2D eigenvalue weighted by atomic mass is 16.8. The van der Waals surface area contributed by atoms with E-state index in [2.05, 4.69) is 6.58 Å². The van der Waals surface area contributed by atoms with E-state index in [1.165, 1.54) is 6.92 Å². The van der Waals surface area contributed by atoms with Gasteiger partial charge in [-0.25, -0.2) is 0 Å². The zero-order valence-corrected chi connectivity index (χ0v) is 8.98. The van der Waals surface area contributed by atoms with E-state index >= 15 is 0 Å². The summed E-state index contributed by atoms with van der Waals surface area (Å²) in [6, 6.07) is 0. The Morgan fingerprint density at radius 3 is 2.73 bits per heavy atom. The van der Waals surface area contributed by atoms with Gasteiger partial charge in [0.25, 0.3) is 6.29 Å². The van der Waals surface area contributed by atoms with Gasteiger partial charge in [0.15, 0.2) is 18.0 Å². The molecule has 15 heavy (non-hydrogen) atoms. The minimum absolute atomic E-state index is 0.357. The van der Waals surface area contributed by atoms with Crippen molar-refractivity contribution in [1.82, 2.24) is 0 Å². The lowest BCUT2D eigenvalue weighted by Gasteiger charge is -2.21. The first-order valence-corrected chi connectivity index (χ1v) is 4.77. The molecule has 0 aliphatic carbocycles. The van der Waals surface area contributed by atoms with Crippen molar-refractivity contribution in [2.24, 2.45) is 0 Å². The summed E-state index contributed by atoms with van der Waals surface area (Å²) < 4.78 is 21.3. The molecule has 0 radical (unpaired) electrons. The first kappa shape index (κ1) is 10.4. The Hall–Kier alpha value is -1.07. The second kappa shape index (κ2) is 3.21. The molecule has 0 unspecified atom stereocenters. The van der Waals surface area contributed by atoms with Crippen molar-refractivity contribution in [2.45, 2.75) is 45.1 Å². The summed E-state index contributed by atoms with van der Waals surface area (Å²) in [6.45, 7) is 8.61. The van der Waals surface area contributed by atoms with E-state index in [9.17, 15) is 4.79 Å². The lowest BCUT2D eigenvalue weighted by molar-refractivity contribution is -0.209. The van der Waals surface area contributed by atoms with Crippen LogP contribution < -0.4 is 0 Å². The summed E-state index contributed by atoms with van der Waals surface area (Å²) >= 11 is 0. The molecule has 5 nitrogen and oxygen atoms in total. The number of ether oxygens (including phenoxy) is 4. The summed E-state index contributed by atoms with van der Waals surface area (Å²) in [5.74, 6) is -0.668. The van der Waals surface area contributed by atoms with Crippen LogP contribution in [-0.4, -0.2) is 30.3 Å². The maximum absolute atomic E-state index is 10.8. The Bertz CT molecular complexity index is 307. The Balaban J connectivity index is 2.12. The molecule has 0 aromatic heterocycles. The first-order chi connectivity index (χ1) is 6.89. The molecule has 2 aliphatic rings. The molecular formula is C10H14O5. The average molecular weight is 214 g/mol. The Kier molecular flexibility index (Phi) is 2.24. The van der Waals surface area contributed by atoms with E-state index in [4.69, 9.17) is 18.9 Å². The van der Waals surface area contributed by atoms with Crippen LogP contribution in [0.4, 0.5) is 0 Å². The summed E-state index contributed by atoms with van der Waals surface area (Å²) in [5.41, 5.74) is 0. The van der Waals surface area contributed by atoms with Gasteiger partial charge in [-0.2, -0.15) is 0 Å². The van der Waals surface area contributed by atoms with Crippen LogP contribution in [0.15, 0.2) is 12.3 Å². The minimum atomic E-state index is -0.748. The van der Waals surface area contributed by atoms with Crippen LogP contribution in [-0.2, 0) is 23.7 Å². The number of rotatable bonds is 1. The van der Waals surface area contributed by atoms with Gasteiger partial charge >= 0.3 is 5.97 Å². The van der Waals surface area contributed by atoms with Gasteiger partial charge in [-0.15, -0.1) is 0 Å². The summed E-state index contributed by atoms with van der Waals surface area (Å²) in [5, 5.41) is 0. The van der Waals surface area contributed by atoms with Gasteiger partial charge in [-0.1, -0.05) is 6.58 Å². The Morgan fingerprint density at radius 1 is 1.47 bits per heavy atom. The van der Waals surface area contributed by atoms with Gasteiger partial charge in [0.05, 0.1) is 0 Å². The van der Waals surface area contributed by atoms with Gasteiger partial charge in [0, 0.05) is 6.92 Å². The molecule has 2 aliphatic heterocycles. The lowest BCUT2D eigenvalue weighted by atomic mass is 10.2. The molecule has 84 valence electrons. The molecule has 0 saturated carbocycles. The molecule has 0 amide bonds. The maximum atomic E-state index is 10.8. The maximum Gasteiger partial charge on any atom is 0.305 e. The average Bonchev–Trinajstić information content (AvgIpc) is 2.49. The second-order valence-electron chi connectivity index (χ2n) is 4.08. The van der Waals surface area contributed by atoms with E-state index in [-0.39, 0.29) is 6.10 Å². The largest absolute Gasteiger partial charge is 0.454 e. The molecule has 3 atom stereocenters. The fourth-order valence-corrected chi connectivity index (χ4v) is 1.78. The normalized spacial score (nSPS) is 37.3. The molecule has 2 rings (SSSR count). The molecule has 0 bridgehead atoms. The number of carbonyl (C=O) groups excluding carboxylic acids is 1. The predicted molar refractivity (Wildman–Crippen MR) is 49.6 cm³/mol. The minimum Gasteiger partial charge on any atom is -0.454 e. The smallest absolute Gasteiger partial charge is 0.305 e. The van der Waals surface area contributed by atoms with Crippen molar-refractivity contribution in [2.75, 3.05) is 0 Å². The van der Waals surface area contributed by atoms with Gasteiger partial charge in [0.2, 0.25) is 0 Å². The van der Waals surface area contributed by atoms with E-state index in [1.54, 1.807) is 13.8 Å². The van der Waals surface area contributed by atoms with E-state index in [1.807, 2.05) is 0 Å². The highest BCUT2D eigenvalue weighted by molar-refractivity contribution is 5.66. The van der Waals surface area contributed by atoms with E-state index in [0.717, 1.165) is 0 Å². The first-order valence-electron chi connectivity index (χ1n) is 4.77. The van der Waals surface area contributed by atoms with Crippen LogP contribution in [0, 0.1) is 0 Å². The van der Waals surface area contributed by atoms with Crippen LogP contribution in [0.1, 0.15) is 20.8 Å². The molecule has 2 heterocycles. The van der Waals surface area contributed by atoms with Crippen molar-refractivity contribution in [3.05, 3.63) is 12.3 Å². The third kappa shape index (κ3) is 1.85. The Labute approximate surface area is 87.9 Å². The Morgan fingerprint density at radius 2 is 2.13 bits per heavy atom. The fourth-order valence-electron chi connectivity index (χ4n) is 1.78. The SMILES string of the molecule is C=C1O[C@@H](OC(C)=O)[C@@H]2OC(C)(C)O[C@H]12. The molecule has 0 aromatic rings. The number of carbonyl (C=O) groups is 1. The quantitative estimate of drug-likeness (QED) is 0.608. The third-order valence-electron chi connectivity index (χ3n) is 2.26. The molecule has 2 fully saturated rings. The number of hydrogen-bond acceptors (Lipinski definition) is 5. The van der Waals surface area contributed by atoms with Gasteiger partial charge in [0.1, 0.15) is 5.76 Å². The molecule has 0 spiro atoms. The lowest BCUT2D eigenvalue weighted by Crippen LogP contribution is -2.32. The van der Waals surface area contributed by atoms with E-state index in [0.29, 0.717) is 5.76 Å². The van der Waals surface area contributed by atoms with E-state index < -0.39 is 24.2 Å². The van der Waals surface area contributed by atoms with Crippen molar-refractivity contribution in [1.29, 1.82) is 0 Å². The van der Waals surface area contributed by atoms with Crippen LogP contribution in [0.2, 0.25) is 0 Å². The van der Waals surface area contributed by atoms with Crippen LogP contribution in [0.25, 0.3) is 0 Å². The zero-order chi connectivity index (χ0) is 11.2. The van der Waals surface area contributed by atoms with Crippen LogP contribution in [0.3, 0.4) is 0 Å². The van der Waals surface area contributed by atoms with Gasteiger partial charge in [-0.05, 0) is 13.8 Å². The van der Waals surface area contributed by atoms with Crippen LogP contribution >= 0.6 is 0 Å². The fraction of sp³-hybridized carbons (Fsp3) is 0.700. The van der Waals surface area contributed by atoms with Crippen molar-refractivity contribution in [3.63, 3.8) is 0 Å². The standard InChI is InChI=1S/C10H14O5/c1-5-7-8(15-10(3,4)14-7)9(12-5)13-6(2)11/h7-9H,1H2,2-4H3/t7-,8-,9+/m1/s1. The summed E-state index contributed by atoms with van der Waals surface area (Å²) in [4.78, 5) is 10.8. The molecule has 2 saturated heterocycles. The molecule has 0 N–H and O–H groups in total. The summed E-state index contributed by atoms with van der Waals surface area (Å²) in [7, 11) is 0. The zero-order valence-electron chi connectivity index (χ0n) is 8.98. The third-order valence-corrected chi connectivity index (χ3v) is 2.26. The second-order valence-corrected chi connectivity index (χ2v) is 4.08. The monoisotopic (exact) mass is 214 g/mol. The van der Waals surface area contributed by atoms with Crippen molar-refractivity contribution in [3.8, 4) is 0 Å². The number of fused-ring (bicyclic) bond motifs is 1. The highest BCUT2D eigenvalue weighted by Gasteiger charge is 2.54. The number of esters is 1. The summed E-state index contributed by atoms with van der Waals surface area (Å²) in [6.07, 6.45) is -1.53. The van der Waals surface area contributed by atoms with Crippen molar-refractivity contribution < 1.29 is 23.7 Å². The topological polar surface area (TPSA) is 54.0 Å². The molecule has 5 heteroatoms. The highest BCUT2D eigenvalue weighted by Crippen LogP contribution is 2.40. The predicted octanol–water partition coefficient (Wildman–Crippen LogP) is 0.940. The molecule has 0 aromatic carbocycles. The molecular weight excluding hydrogens is 200 g/mol. The van der Waals surface area contributed by atoms with Crippen LogP contribution in [0.5, 0.6) is 0 Å². The van der Waals surface area contributed by atoms with Gasteiger partial charge in [-0.3, -0.25) is 4.79 Å². The number of hydrogen-bond donors (Lipinski definition) is 0. The van der Waals surface area contributed by atoms with Crippen molar-refractivity contribution >= 4 is 5.97 Å².